The fraction of sp³-hybridized carbons (Fsp3) is 0.667. The highest BCUT2D eigenvalue weighted by Crippen LogP contribution is 2.10. The van der Waals surface area contributed by atoms with Gasteiger partial charge < -0.3 is 0 Å². The Bertz CT molecular complexity index is 73.2. The molecule has 1 atom stereocenters. The highest BCUT2D eigenvalue weighted by molar-refractivity contribution is 8.12. The third kappa shape index (κ3) is 0.712. The average molecular weight is 105 g/mol. The second kappa shape index (κ2) is 1.60. The second-order valence-corrected chi connectivity index (χ2v) is 1.90. The average Bonchev–Trinajstić information content (AvgIpc) is 1.86. The van der Waals surface area contributed by atoms with Crippen molar-refractivity contribution in [1.82, 2.24) is 0 Å². The van der Waals surface area contributed by atoms with Crippen LogP contribution < -0.4 is 0 Å². The van der Waals surface area contributed by atoms with Gasteiger partial charge in [-0.05, 0) is 0 Å². The van der Waals surface area contributed by atoms with E-state index in [-0.39, 0.29) is 0 Å². The topological polar surface area (TPSA) is 12.4 Å². The molecule has 0 aliphatic carbocycles. The van der Waals surface area contributed by atoms with Crippen molar-refractivity contribution in [3.8, 4) is 0 Å². The first-order valence-electron chi connectivity index (χ1n) is 1.67. The quantitative estimate of drug-likeness (QED) is 0.419. The van der Waals surface area contributed by atoms with Crippen LogP contribution in [0.2, 0.25) is 0 Å². The van der Waals surface area contributed by atoms with Gasteiger partial charge in [-0.25, -0.2) is 9.38 Å². The summed E-state index contributed by atoms with van der Waals surface area (Å²) in [5.41, 5.74) is 1.55. The standard InChI is InChI=1S/C3H4FNS/c4-3-1-6-2-5-3/h2-3H,1H2. The van der Waals surface area contributed by atoms with Crippen LogP contribution in [0.15, 0.2) is 4.99 Å². The number of alkyl halides is 1. The third-order valence-electron chi connectivity index (χ3n) is 0.531. The summed E-state index contributed by atoms with van der Waals surface area (Å²) in [7, 11) is 0. The zero-order valence-electron chi connectivity index (χ0n) is 3.10. The molecule has 1 unspecified atom stereocenters. The minimum Gasteiger partial charge on any atom is -0.249 e. The maximum absolute atomic E-state index is 11.7. The molecule has 0 aromatic carbocycles. The summed E-state index contributed by atoms with van der Waals surface area (Å²) in [4.78, 5) is 3.41. The van der Waals surface area contributed by atoms with Gasteiger partial charge in [-0.15, -0.1) is 11.8 Å². The van der Waals surface area contributed by atoms with Crippen molar-refractivity contribution in [3.05, 3.63) is 0 Å². The fourth-order valence-electron chi connectivity index (χ4n) is 0.275. The lowest BCUT2D eigenvalue weighted by Crippen LogP contribution is -1.89. The molecule has 6 heavy (non-hydrogen) atoms. The number of rotatable bonds is 0. The first-order chi connectivity index (χ1) is 2.89. The van der Waals surface area contributed by atoms with E-state index in [4.69, 9.17) is 0 Å². The zero-order valence-corrected chi connectivity index (χ0v) is 3.91. The highest BCUT2D eigenvalue weighted by atomic mass is 32.2. The van der Waals surface area contributed by atoms with Gasteiger partial charge in [0, 0.05) is 0 Å². The van der Waals surface area contributed by atoms with Gasteiger partial charge in [-0.1, -0.05) is 0 Å². The van der Waals surface area contributed by atoms with E-state index in [1.54, 1.807) is 5.55 Å². The van der Waals surface area contributed by atoms with E-state index in [2.05, 4.69) is 4.99 Å². The Morgan fingerprint density at radius 2 is 2.83 bits per heavy atom. The molecule has 0 saturated carbocycles. The number of hydrogen-bond donors (Lipinski definition) is 0. The Morgan fingerprint density at radius 1 is 2.00 bits per heavy atom. The molecule has 0 aromatic rings. The molecule has 3 heteroatoms. The number of aliphatic imine (C=N–C) groups is 1. The van der Waals surface area contributed by atoms with Crippen molar-refractivity contribution in [3.63, 3.8) is 0 Å². The maximum Gasteiger partial charge on any atom is 0.199 e. The molecule has 1 aliphatic rings. The van der Waals surface area contributed by atoms with Crippen LogP contribution in [0, 0.1) is 0 Å². The molecule has 0 amide bonds. The predicted octanol–water partition coefficient (Wildman–Crippen LogP) is 1.06. The van der Waals surface area contributed by atoms with Crippen LogP contribution in [0.4, 0.5) is 4.39 Å². The molecule has 0 N–H and O–H groups in total. The number of nitrogens with zero attached hydrogens (tertiary/aromatic N) is 1. The summed E-state index contributed by atoms with van der Waals surface area (Å²) in [5.74, 6) is 0.514. The largest absolute Gasteiger partial charge is 0.249 e. The third-order valence-corrected chi connectivity index (χ3v) is 1.27. The highest BCUT2D eigenvalue weighted by Gasteiger charge is 2.05. The molecule has 0 bridgehead atoms. The molecular weight excluding hydrogens is 101 g/mol. The SMILES string of the molecule is FC1CSC=N1. The first-order valence-corrected chi connectivity index (χ1v) is 2.72. The van der Waals surface area contributed by atoms with Gasteiger partial charge in [-0.2, -0.15) is 0 Å². The summed E-state index contributed by atoms with van der Waals surface area (Å²) >= 11 is 1.42. The van der Waals surface area contributed by atoms with Crippen LogP contribution in [0.3, 0.4) is 0 Å². The van der Waals surface area contributed by atoms with E-state index < -0.39 is 6.30 Å². The number of thioether (sulfide) groups is 1. The van der Waals surface area contributed by atoms with Gasteiger partial charge >= 0.3 is 0 Å². The lowest BCUT2D eigenvalue weighted by atomic mass is 10.7. The van der Waals surface area contributed by atoms with E-state index in [0.29, 0.717) is 5.75 Å². The molecule has 0 aromatic heterocycles. The Kier molecular flexibility index (Phi) is 1.10. The minimum atomic E-state index is -0.921. The Hall–Kier alpha value is -0.0500. The van der Waals surface area contributed by atoms with Crippen LogP contribution >= 0.6 is 11.8 Å². The molecule has 1 nitrogen and oxygen atoms in total. The smallest absolute Gasteiger partial charge is 0.199 e. The minimum absolute atomic E-state index is 0.514. The van der Waals surface area contributed by atoms with Crippen molar-refractivity contribution in [2.45, 2.75) is 6.30 Å². The predicted molar refractivity (Wildman–Crippen MR) is 25.8 cm³/mol. The Morgan fingerprint density at radius 3 is 3.00 bits per heavy atom. The van der Waals surface area contributed by atoms with Gasteiger partial charge in [0.25, 0.3) is 0 Å². The lowest BCUT2D eigenvalue weighted by molar-refractivity contribution is 0.388. The van der Waals surface area contributed by atoms with Crippen LogP contribution in [0.5, 0.6) is 0 Å². The second-order valence-electron chi connectivity index (χ2n) is 1.02. The maximum atomic E-state index is 11.7. The van der Waals surface area contributed by atoms with Gasteiger partial charge in [0.05, 0.1) is 11.3 Å². The summed E-state index contributed by atoms with van der Waals surface area (Å²) in [6.45, 7) is 0. The van der Waals surface area contributed by atoms with Crippen LogP contribution in [-0.2, 0) is 0 Å². The van der Waals surface area contributed by atoms with Crippen molar-refractivity contribution >= 4 is 17.3 Å². The van der Waals surface area contributed by atoms with Gasteiger partial charge in [0.1, 0.15) is 0 Å². The summed E-state index contributed by atoms with van der Waals surface area (Å²) < 4.78 is 11.7. The fourth-order valence-corrected chi connectivity index (χ4v) is 0.824. The molecule has 1 heterocycles. The molecule has 0 saturated heterocycles. The zero-order chi connectivity index (χ0) is 4.41. The molecular formula is C3H4FNS. The van der Waals surface area contributed by atoms with E-state index >= 15 is 0 Å². The first kappa shape index (κ1) is 4.12. The van der Waals surface area contributed by atoms with E-state index in [9.17, 15) is 4.39 Å². The Balaban J connectivity index is 2.38. The van der Waals surface area contributed by atoms with E-state index in [0.717, 1.165) is 0 Å². The summed E-state index contributed by atoms with van der Waals surface area (Å²) in [6, 6.07) is 0. The van der Waals surface area contributed by atoms with E-state index in [1.807, 2.05) is 0 Å². The van der Waals surface area contributed by atoms with Crippen LogP contribution in [-0.4, -0.2) is 17.6 Å². The molecule has 1 rings (SSSR count). The van der Waals surface area contributed by atoms with Crippen molar-refractivity contribution in [2.24, 2.45) is 4.99 Å². The molecule has 0 spiro atoms. The lowest BCUT2D eigenvalue weighted by Gasteiger charge is -1.83. The summed E-state index contributed by atoms with van der Waals surface area (Å²) in [5, 5.41) is 0. The molecule has 0 fully saturated rings. The number of hydrogen-bond acceptors (Lipinski definition) is 2. The molecule has 0 radical (unpaired) electrons. The normalized spacial score (nSPS) is 31.8. The van der Waals surface area contributed by atoms with Gasteiger partial charge in [-0.3, -0.25) is 0 Å². The monoisotopic (exact) mass is 105 g/mol. The summed E-state index contributed by atoms with van der Waals surface area (Å²) in [6.07, 6.45) is -0.921. The van der Waals surface area contributed by atoms with Crippen molar-refractivity contribution in [2.75, 3.05) is 5.75 Å². The Labute approximate surface area is 39.6 Å². The molecule has 1 aliphatic heterocycles. The van der Waals surface area contributed by atoms with Crippen molar-refractivity contribution < 1.29 is 4.39 Å². The van der Waals surface area contributed by atoms with Crippen molar-refractivity contribution in [1.29, 1.82) is 0 Å². The number of halogens is 1. The van der Waals surface area contributed by atoms with E-state index in [1.165, 1.54) is 11.8 Å². The van der Waals surface area contributed by atoms with Crippen LogP contribution in [0.1, 0.15) is 0 Å². The van der Waals surface area contributed by atoms with Crippen LogP contribution in [0.25, 0.3) is 0 Å². The van der Waals surface area contributed by atoms with Gasteiger partial charge in [0.2, 0.25) is 0 Å². The molecule has 34 valence electrons. The van der Waals surface area contributed by atoms with Gasteiger partial charge in [0.15, 0.2) is 6.30 Å².